The molecule has 0 fully saturated rings. The first-order valence-electron chi connectivity index (χ1n) is 15.4. The van der Waals surface area contributed by atoms with E-state index in [1.54, 1.807) is 33.0 Å². The standard InChI is InChI=1S/C29H49N5O14S3/c1-19(2)25(35)12-10-20(3)14-16-33(29(30)31)15-8-9-24(34(5,6)7)28(36)32-21(4)27(48-51(43,44)45)22-11-13-26(47-50(40,41)42)23(17-22)18-46-49(37,38)39/h11,13-14,17,21,24-25,27,35H,1,8-10,12,15-16,18H2,2-7H3,(H6-,30,31,32,36,37,38,39,40,41,42,43,44,45)/p+1. The Morgan fingerprint density at radius 3 is 2.16 bits per heavy atom. The van der Waals surface area contributed by atoms with E-state index in [0.29, 0.717) is 37.9 Å². The summed E-state index contributed by atoms with van der Waals surface area (Å²) in [7, 11) is -10.1. The van der Waals surface area contributed by atoms with E-state index in [1.165, 1.54) is 6.92 Å². The molecular formula is C29H50N5O14S3+. The molecule has 51 heavy (non-hydrogen) atoms. The number of carbonyl (C=O) groups is 1. The van der Waals surface area contributed by atoms with Crippen LogP contribution in [0.4, 0.5) is 0 Å². The van der Waals surface area contributed by atoms with Crippen molar-refractivity contribution in [1.29, 1.82) is 5.41 Å². The number of hydrogen-bond acceptors (Lipinski definition) is 12. The maximum absolute atomic E-state index is 13.7. The molecule has 0 bridgehead atoms. The van der Waals surface area contributed by atoms with Crippen molar-refractivity contribution in [1.82, 2.24) is 10.2 Å². The van der Waals surface area contributed by atoms with Gasteiger partial charge in [0.2, 0.25) is 0 Å². The fourth-order valence-electron chi connectivity index (χ4n) is 4.81. The molecule has 1 aromatic carbocycles. The molecule has 0 aliphatic heterocycles. The molecule has 4 atom stereocenters. The Bertz CT molecular complexity index is 1740. The van der Waals surface area contributed by atoms with Gasteiger partial charge < -0.3 is 29.7 Å². The van der Waals surface area contributed by atoms with Crippen molar-refractivity contribution in [3.05, 3.63) is 53.1 Å². The Balaban J connectivity index is 3.25. The SMILES string of the molecule is C=C(C)C(O)CCC(C)=CCN(CCCC(C(=O)NC(C)C(OS(=O)(=O)O)c1ccc(OS(=O)(=O)O)c(COS(=O)(=O)O)c1)[N+](C)(C)C)C(=N)N. The van der Waals surface area contributed by atoms with E-state index in [2.05, 4.69) is 20.3 Å². The lowest BCUT2D eigenvalue weighted by Crippen LogP contribution is -2.56. The average Bonchev–Trinajstić information content (AvgIpc) is 2.95. The predicted octanol–water partition coefficient (Wildman–Crippen LogP) is 1.27. The monoisotopic (exact) mass is 788 g/mol. The summed E-state index contributed by atoms with van der Waals surface area (Å²) in [5.74, 6) is -1.40. The van der Waals surface area contributed by atoms with Gasteiger partial charge >= 0.3 is 31.2 Å². The topological polar surface area (TPSA) is 293 Å². The van der Waals surface area contributed by atoms with Gasteiger partial charge in [-0.15, -0.1) is 0 Å². The van der Waals surface area contributed by atoms with Gasteiger partial charge in [-0.3, -0.25) is 23.9 Å². The van der Waals surface area contributed by atoms with E-state index in [-0.39, 0.29) is 22.4 Å². The van der Waals surface area contributed by atoms with Crippen molar-refractivity contribution in [2.24, 2.45) is 5.73 Å². The van der Waals surface area contributed by atoms with Crippen molar-refractivity contribution in [3.8, 4) is 5.75 Å². The molecule has 22 heteroatoms. The summed E-state index contributed by atoms with van der Waals surface area (Å²) in [6.45, 7) is 8.31. The molecule has 1 aromatic rings. The van der Waals surface area contributed by atoms with Crippen LogP contribution in [0.15, 0.2) is 42.0 Å². The number of quaternary nitrogens is 1. The second-order valence-corrected chi connectivity index (χ2v) is 16.0. The minimum Gasteiger partial charge on any atom is -0.389 e. The van der Waals surface area contributed by atoms with E-state index >= 15 is 0 Å². The average molecular weight is 789 g/mol. The Labute approximate surface area is 300 Å². The lowest BCUT2D eigenvalue weighted by atomic mass is 9.99. The molecule has 0 aliphatic rings. The molecule has 1 amide bonds. The van der Waals surface area contributed by atoms with Gasteiger partial charge in [-0.2, -0.15) is 25.3 Å². The predicted molar refractivity (Wildman–Crippen MR) is 186 cm³/mol. The number of guanidine groups is 1. The number of aliphatic hydroxyl groups excluding tert-OH is 1. The van der Waals surface area contributed by atoms with Gasteiger partial charge in [0.15, 0.2) is 17.8 Å². The molecule has 292 valence electrons. The highest BCUT2D eigenvalue weighted by Crippen LogP contribution is 2.30. The molecule has 0 saturated heterocycles. The number of nitrogens with zero attached hydrogens (tertiary/aromatic N) is 2. The largest absolute Gasteiger partial charge is 0.446 e. The summed E-state index contributed by atoms with van der Waals surface area (Å²) in [6.07, 6.45) is 1.39. The number of hydrogen-bond donors (Lipinski definition) is 7. The number of likely N-dealkylation sites (N-methyl/N-ethyl adjacent to an activating group) is 1. The maximum atomic E-state index is 13.7. The summed E-state index contributed by atoms with van der Waals surface area (Å²) in [4.78, 5) is 15.3. The van der Waals surface area contributed by atoms with Gasteiger partial charge in [0.25, 0.3) is 5.91 Å². The second kappa shape index (κ2) is 19.0. The zero-order valence-electron chi connectivity index (χ0n) is 29.3. The number of nitrogens with one attached hydrogen (secondary N) is 2. The number of benzene rings is 1. The van der Waals surface area contributed by atoms with Gasteiger partial charge in [0, 0.05) is 25.1 Å². The fraction of sp³-hybridized carbons (Fsp3) is 0.586. The summed E-state index contributed by atoms with van der Waals surface area (Å²) in [6, 6.07) is 0.942. The first kappa shape index (κ1) is 45.8. The first-order chi connectivity index (χ1) is 23.1. The first-order valence-corrected chi connectivity index (χ1v) is 19.5. The number of rotatable bonds is 22. The molecule has 0 spiro atoms. The summed E-state index contributed by atoms with van der Waals surface area (Å²) in [5.41, 5.74) is 6.87. The number of allylic oxidation sites excluding steroid dienone is 1. The second-order valence-electron chi connectivity index (χ2n) is 12.9. The number of nitrogens with two attached hydrogens (primary N) is 1. The van der Waals surface area contributed by atoms with Gasteiger partial charge in [-0.1, -0.05) is 29.9 Å². The minimum absolute atomic E-state index is 0.116. The molecule has 0 aromatic heterocycles. The molecule has 4 unspecified atom stereocenters. The maximum Gasteiger partial charge on any atom is 0.446 e. The van der Waals surface area contributed by atoms with E-state index in [1.807, 2.05) is 13.0 Å². The van der Waals surface area contributed by atoms with E-state index in [9.17, 15) is 39.7 Å². The van der Waals surface area contributed by atoms with E-state index < -0.39 is 79.3 Å². The zero-order chi connectivity index (χ0) is 39.5. The molecule has 8 N–H and O–H groups in total. The number of aliphatic hydroxyl groups is 1. The molecular weight excluding hydrogens is 739 g/mol. The Kier molecular flexibility index (Phi) is 17.1. The molecule has 0 heterocycles. The summed E-state index contributed by atoms with van der Waals surface area (Å²) >= 11 is 0. The van der Waals surface area contributed by atoms with Gasteiger partial charge in [-0.05, 0) is 57.7 Å². The van der Waals surface area contributed by atoms with Crippen LogP contribution in [0.3, 0.4) is 0 Å². The fourth-order valence-corrected chi connectivity index (χ4v) is 6.02. The highest BCUT2D eigenvalue weighted by molar-refractivity contribution is 7.81. The van der Waals surface area contributed by atoms with Gasteiger partial charge in [0.1, 0.15) is 6.10 Å². The quantitative estimate of drug-likeness (QED) is 0.0286. The summed E-state index contributed by atoms with van der Waals surface area (Å²) < 4.78 is 110. The smallest absolute Gasteiger partial charge is 0.389 e. The Hall–Kier alpha value is -3.19. The Morgan fingerprint density at radius 2 is 1.67 bits per heavy atom. The van der Waals surface area contributed by atoms with Crippen LogP contribution in [-0.4, -0.2) is 118 Å². The van der Waals surface area contributed by atoms with Crippen LogP contribution in [0.1, 0.15) is 63.7 Å². The highest BCUT2D eigenvalue weighted by Gasteiger charge is 2.35. The molecule has 19 nitrogen and oxygen atoms in total. The van der Waals surface area contributed by atoms with Crippen molar-refractivity contribution in [2.75, 3.05) is 34.2 Å². The number of amides is 1. The van der Waals surface area contributed by atoms with Crippen LogP contribution in [0, 0.1) is 5.41 Å². The van der Waals surface area contributed by atoms with Crippen LogP contribution in [0.5, 0.6) is 5.75 Å². The molecule has 1 rings (SSSR count). The molecule has 0 aliphatic carbocycles. The third-order valence-electron chi connectivity index (χ3n) is 7.55. The highest BCUT2D eigenvalue weighted by atomic mass is 32.3. The lowest BCUT2D eigenvalue weighted by Gasteiger charge is -2.35. The third-order valence-corrected chi connectivity index (χ3v) is 8.80. The van der Waals surface area contributed by atoms with Gasteiger partial charge in [0.05, 0.1) is 39.9 Å². The van der Waals surface area contributed by atoms with E-state index in [4.69, 9.17) is 24.4 Å². The van der Waals surface area contributed by atoms with Crippen molar-refractivity contribution >= 4 is 43.1 Å². The van der Waals surface area contributed by atoms with E-state index in [0.717, 1.165) is 23.8 Å². The van der Waals surface area contributed by atoms with Crippen LogP contribution in [0.2, 0.25) is 0 Å². The summed E-state index contributed by atoms with van der Waals surface area (Å²) in [5, 5.41) is 20.6. The molecule has 0 saturated carbocycles. The lowest BCUT2D eigenvalue weighted by molar-refractivity contribution is -0.886. The minimum atomic E-state index is -5.19. The van der Waals surface area contributed by atoms with Crippen molar-refractivity contribution < 1.29 is 65.8 Å². The van der Waals surface area contributed by atoms with Crippen LogP contribution >= 0.6 is 0 Å². The molecule has 0 radical (unpaired) electrons. The van der Waals surface area contributed by atoms with Crippen molar-refractivity contribution in [2.45, 2.75) is 77.4 Å². The third kappa shape index (κ3) is 18.2. The van der Waals surface area contributed by atoms with Gasteiger partial charge in [-0.25, -0.2) is 8.37 Å². The normalized spacial score (nSPS) is 15.4. The van der Waals surface area contributed by atoms with Crippen LogP contribution in [0.25, 0.3) is 0 Å². The number of carbonyl (C=O) groups excluding carboxylic acids is 1. The zero-order valence-corrected chi connectivity index (χ0v) is 31.8. The van der Waals surface area contributed by atoms with Crippen LogP contribution < -0.4 is 15.2 Å². The van der Waals surface area contributed by atoms with Crippen LogP contribution in [-0.2, 0) is 51.0 Å². The van der Waals surface area contributed by atoms with Crippen molar-refractivity contribution in [3.63, 3.8) is 0 Å². The Morgan fingerprint density at radius 1 is 1.06 bits per heavy atom.